The highest BCUT2D eigenvalue weighted by Gasteiger charge is 2.32. The first-order valence-electron chi connectivity index (χ1n) is 13.6. The highest BCUT2D eigenvalue weighted by atomic mass is 19.1. The Morgan fingerprint density at radius 1 is 1.25 bits per heavy atom. The van der Waals surface area contributed by atoms with Crippen LogP contribution in [-0.2, 0) is 4.74 Å². The number of halogens is 1. The van der Waals surface area contributed by atoms with Crippen molar-refractivity contribution in [2.75, 3.05) is 17.3 Å². The molecule has 0 saturated heterocycles. The molecule has 2 aliphatic carbocycles. The van der Waals surface area contributed by atoms with Crippen molar-refractivity contribution in [3.05, 3.63) is 46.5 Å². The van der Waals surface area contributed by atoms with E-state index in [2.05, 4.69) is 15.4 Å². The van der Waals surface area contributed by atoms with Crippen molar-refractivity contribution in [3.63, 3.8) is 0 Å². The number of hydrogen-bond donors (Lipinski definition) is 2. The Labute approximate surface area is 231 Å². The fraction of sp³-hybridized carbons (Fsp3) is 0.536. The van der Waals surface area contributed by atoms with Gasteiger partial charge in [-0.2, -0.15) is 9.61 Å². The van der Waals surface area contributed by atoms with Gasteiger partial charge in [-0.15, -0.1) is 0 Å². The maximum atomic E-state index is 13.5. The third-order valence-corrected chi connectivity index (χ3v) is 7.44. The monoisotopic (exact) mass is 554 g/mol. The summed E-state index contributed by atoms with van der Waals surface area (Å²) in [5.41, 5.74) is -0.356. The Balaban J connectivity index is 1.52. The summed E-state index contributed by atoms with van der Waals surface area (Å²) in [6.45, 7) is 5.27. The van der Waals surface area contributed by atoms with Crippen LogP contribution in [0.4, 0.5) is 26.5 Å². The number of rotatable bonds is 7. The zero-order chi connectivity index (χ0) is 28.8. The summed E-state index contributed by atoms with van der Waals surface area (Å²) in [7, 11) is 1.52. The Kier molecular flexibility index (Phi) is 7.38. The number of carbonyl (C=O) groups excluding carboxylic acids is 2. The number of anilines is 3. The molecule has 2 atom stereocenters. The van der Waals surface area contributed by atoms with Gasteiger partial charge in [0.25, 0.3) is 5.56 Å². The van der Waals surface area contributed by atoms with Gasteiger partial charge in [-0.05, 0) is 70.9 Å². The average Bonchev–Trinajstić information content (AvgIpc) is 3.47. The van der Waals surface area contributed by atoms with E-state index in [0.717, 1.165) is 6.42 Å². The van der Waals surface area contributed by atoms with E-state index in [1.54, 1.807) is 45.2 Å². The van der Waals surface area contributed by atoms with Gasteiger partial charge in [0, 0.05) is 31.8 Å². The molecule has 0 aliphatic heterocycles. The minimum absolute atomic E-state index is 0.0703. The number of ether oxygens (including phenoxy) is 1. The molecular weight excluding hydrogens is 519 g/mol. The molecule has 214 valence electrons. The second-order valence-corrected chi connectivity index (χ2v) is 11.8. The van der Waals surface area contributed by atoms with E-state index < -0.39 is 24.0 Å². The number of fused-ring (bicyclic) bond motifs is 1. The van der Waals surface area contributed by atoms with Gasteiger partial charge < -0.3 is 19.7 Å². The van der Waals surface area contributed by atoms with E-state index in [4.69, 9.17) is 4.74 Å². The van der Waals surface area contributed by atoms with E-state index >= 15 is 0 Å². The second kappa shape index (κ2) is 10.6. The minimum atomic E-state index is -0.908. The Bertz CT molecular complexity index is 1490. The minimum Gasteiger partial charge on any atom is -0.443 e. The number of aliphatic hydroxyl groups is 1. The largest absolute Gasteiger partial charge is 0.443 e. The normalized spacial score (nSPS) is 22.6. The van der Waals surface area contributed by atoms with Crippen molar-refractivity contribution in [1.29, 1.82) is 0 Å². The second-order valence-electron chi connectivity index (χ2n) is 11.8. The molecule has 12 heteroatoms. The van der Waals surface area contributed by atoms with Crippen LogP contribution in [0.5, 0.6) is 0 Å². The molecule has 3 aromatic heterocycles. The smallest absolute Gasteiger partial charge is 0.415 e. The first-order chi connectivity index (χ1) is 18.9. The van der Waals surface area contributed by atoms with Crippen molar-refractivity contribution in [2.24, 2.45) is 5.92 Å². The lowest BCUT2D eigenvalue weighted by Crippen LogP contribution is -2.35. The molecule has 0 radical (unpaired) electrons. The maximum absolute atomic E-state index is 13.5. The molecule has 40 heavy (non-hydrogen) atoms. The van der Waals surface area contributed by atoms with Gasteiger partial charge in [0.1, 0.15) is 29.1 Å². The molecule has 3 aromatic rings. The average molecular weight is 555 g/mol. The van der Waals surface area contributed by atoms with E-state index in [1.165, 1.54) is 27.2 Å². The van der Waals surface area contributed by atoms with E-state index in [1.807, 2.05) is 0 Å². The molecule has 1 amide bonds. The van der Waals surface area contributed by atoms with Gasteiger partial charge in [0.05, 0.1) is 17.9 Å². The Morgan fingerprint density at radius 3 is 2.65 bits per heavy atom. The number of Topliss-reactive ketones (excluding diaryl/α,β-unsaturated/α-hetero) is 1. The molecular formula is C28H35FN6O5. The van der Waals surface area contributed by atoms with Crippen LogP contribution < -0.4 is 15.8 Å². The summed E-state index contributed by atoms with van der Waals surface area (Å²) in [5.74, 6) is 0.390. The molecule has 2 N–H and O–H groups in total. The van der Waals surface area contributed by atoms with Gasteiger partial charge in [-0.3, -0.25) is 14.5 Å². The van der Waals surface area contributed by atoms with Crippen LogP contribution in [0.15, 0.2) is 35.4 Å². The number of amides is 1. The van der Waals surface area contributed by atoms with Crippen LogP contribution >= 0.6 is 0 Å². The van der Waals surface area contributed by atoms with E-state index in [9.17, 15) is 23.9 Å². The molecule has 0 bridgehead atoms. The van der Waals surface area contributed by atoms with Crippen LogP contribution in [0.25, 0.3) is 5.65 Å². The van der Waals surface area contributed by atoms with Crippen molar-refractivity contribution < 1.29 is 23.8 Å². The van der Waals surface area contributed by atoms with Crippen molar-refractivity contribution in [1.82, 2.24) is 19.2 Å². The lowest BCUT2D eigenvalue weighted by Gasteiger charge is -2.31. The van der Waals surface area contributed by atoms with Gasteiger partial charge in [0.2, 0.25) is 0 Å². The van der Waals surface area contributed by atoms with Gasteiger partial charge >= 0.3 is 6.09 Å². The fourth-order valence-corrected chi connectivity index (χ4v) is 5.26. The molecule has 1 unspecified atom stereocenters. The van der Waals surface area contributed by atoms with Gasteiger partial charge in [-0.25, -0.2) is 14.2 Å². The first kappa shape index (κ1) is 27.8. The molecule has 2 fully saturated rings. The van der Waals surface area contributed by atoms with Crippen LogP contribution in [0.2, 0.25) is 0 Å². The SMILES string of the molecule is CN(C(=O)OC(C)(C)C)c1cc(Nc2cccn(C3CC(F)C3)c2=O)nc2c(C(=O)CC3CC[C@@H](O)C3)cnn12. The highest BCUT2D eigenvalue weighted by molar-refractivity contribution is 6.02. The topological polar surface area (TPSA) is 131 Å². The number of pyridine rings is 1. The standard InChI is InChI=1S/C28H35FN6O5/c1-28(2,3)40-27(39)33(4)24-14-23(31-21-6-5-9-34(26(21)38)18-12-17(29)13-18)32-25-20(15-30-35(24)25)22(37)11-16-7-8-19(36)10-16/h5-6,9,14-19,36H,7-8,10-13H2,1-4H3,(H,31,32)/t16?,17?,18?,19-/m1/s1. The summed E-state index contributed by atoms with van der Waals surface area (Å²) in [4.78, 5) is 45.3. The maximum Gasteiger partial charge on any atom is 0.415 e. The number of nitrogens with zero attached hydrogens (tertiary/aromatic N) is 5. The predicted molar refractivity (Wildman–Crippen MR) is 147 cm³/mol. The summed E-state index contributed by atoms with van der Waals surface area (Å²) in [5, 5.41) is 17.3. The van der Waals surface area contributed by atoms with Crippen LogP contribution in [-0.4, -0.2) is 61.1 Å². The zero-order valence-electron chi connectivity index (χ0n) is 23.1. The number of ketones is 1. The zero-order valence-corrected chi connectivity index (χ0v) is 23.1. The van der Waals surface area contributed by atoms with Crippen molar-refractivity contribution in [2.45, 2.75) is 83.2 Å². The lowest BCUT2D eigenvalue weighted by atomic mass is 9.90. The number of alkyl halides is 1. The van der Waals surface area contributed by atoms with Crippen molar-refractivity contribution in [3.8, 4) is 0 Å². The number of aliphatic hydroxyl groups excluding tert-OH is 1. The summed E-state index contributed by atoms with van der Waals surface area (Å²) >= 11 is 0. The Morgan fingerprint density at radius 2 is 2.00 bits per heavy atom. The van der Waals surface area contributed by atoms with Crippen molar-refractivity contribution >= 4 is 34.8 Å². The quantitative estimate of drug-likeness (QED) is 0.411. The molecule has 2 saturated carbocycles. The van der Waals surface area contributed by atoms with E-state index in [0.29, 0.717) is 12.8 Å². The summed E-state index contributed by atoms with van der Waals surface area (Å²) in [6.07, 6.45) is 3.95. The third kappa shape index (κ3) is 5.72. The fourth-order valence-electron chi connectivity index (χ4n) is 5.26. The predicted octanol–water partition coefficient (Wildman–Crippen LogP) is 4.41. The van der Waals surface area contributed by atoms with Crippen LogP contribution in [0.3, 0.4) is 0 Å². The molecule has 0 spiro atoms. The Hall–Kier alpha value is -3.80. The van der Waals surface area contributed by atoms with E-state index in [-0.39, 0.29) is 71.1 Å². The first-order valence-corrected chi connectivity index (χ1v) is 13.6. The molecule has 0 aromatic carbocycles. The number of aromatic nitrogens is 4. The van der Waals surface area contributed by atoms with Gasteiger partial charge in [-0.1, -0.05) is 0 Å². The lowest BCUT2D eigenvalue weighted by molar-refractivity contribution is 0.0587. The number of nitrogens with one attached hydrogen (secondary N) is 1. The molecule has 3 heterocycles. The van der Waals surface area contributed by atoms with Gasteiger partial charge in [0.15, 0.2) is 11.4 Å². The van der Waals surface area contributed by atoms with Crippen LogP contribution in [0, 0.1) is 5.92 Å². The molecule has 11 nitrogen and oxygen atoms in total. The molecule has 5 rings (SSSR count). The summed E-state index contributed by atoms with van der Waals surface area (Å²) < 4.78 is 21.9. The number of carbonyl (C=O) groups is 2. The molecule has 2 aliphatic rings. The third-order valence-electron chi connectivity index (χ3n) is 7.44. The summed E-state index contributed by atoms with van der Waals surface area (Å²) in [6, 6.07) is 4.64. The number of hydrogen-bond acceptors (Lipinski definition) is 8. The van der Waals surface area contributed by atoms with Crippen LogP contribution in [0.1, 0.15) is 75.7 Å². The highest BCUT2D eigenvalue weighted by Crippen LogP contribution is 2.34.